The number of rotatable bonds is 7. The third-order valence-corrected chi connectivity index (χ3v) is 7.72. The lowest BCUT2D eigenvalue weighted by molar-refractivity contribution is -0.117. The second kappa shape index (κ2) is 10.4. The predicted octanol–water partition coefficient (Wildman–Crippen LogP) is 3.42. The van der Waals surface area contributed by atoms with Gasteiger partial charge < -0.3 is 14.6 Å². The Kier molecular flexibility index (Phi) is 7.30. The van der Waals surface area contributed by atoms with Crippen molar-refractivity contribution in [3.63, 3.8) is 0 Å². The number of nitrogens with zero attached hydrogens (tertiary/aromatic N) is 3. The molecule has 1 fully saturated rings. The number of carbonyl (C=O) groups is 1. The van der Waals surface area contributed by atoms with E-state index in [0.717, 1.165) is 0 Å². The van der Waals surface area contributed by atoms with Crippen molar-refractivity contribution in [2.75, 3.05) is 38.0 Å². The van der Waals surface area contributed by atoms with Crippen molar-refractivity contribution in [1.29, 1.82) is 0 Å². The van der Waals surface area contributed by atoms with Crippen LogP contribution < -0.4 is 10.1 Å². The molecule has 1 aromatic heterocycles. The molecule has 0 saturated carbocycles. The average Bonchev–Trinajstić information content (AvgIpc) is 2.99. The molecule has 1 aliphatic heterocycles. The molecule has 2 aromatic carbocycles. The molecular weight excluding hydrogens is 456 g/mol. The minimum Gasteiger partial charge on any atom is -0.457 e. The van der Waals surface area contributed by atoms with E-state index >= 15 is 0 Å². The maximum atomic E-state index is 13.1. The van der Waals surface area contributed by atoms with Crippen LogP contribution in [0, 0.1) is 13.8 Å². The van der Waals surface area contributed by atoms with Gasteiger partial charge in [0.25, 0.3) is 0 Å². The Morgan fingerprint density at radius 2 is 1.79 bits per heavy atom. The van der Waals surface area contributed by atoms with Crippen molar-refractivity contribution in [3.8, 4) is 11.5 Å². The van der Waals surface area contributed by atoms with E-state index in [9.17, 15) is 13.2 Å². The molecule has 0 spiro atoms. The SMILES string of the molecule is Cc1noc(C)c1S(=O)(=O)N1CCCN(CC(=O)Nc2cccc(Oc3ccccc3)c2)CC1. The van der Waals surface area contributed by atoms with Crippen molar-refractivity contribution in [1.82, 2.24) is 14.4 Å². The molecule has 1 saturated heterocycles. The molecule has 3 aromatic rings. The fraction of sp³-hybridized carbons (Fsp3) is 0.333. The van der Waals surface area contributed by atoms with Crippen LogP contribution in [0.4, 0.5) is 5.69 Å². The van der Waals surface area contributed by atoms with Gasteiger partial charge in [-0.15, -0.1) is 0 Å². The lowest BCUT2D eigenvalue weighted by Gasteiger charge is -2.21. The van der Waals surface area contributed by atoms with Gasteiger partial charge >= 0.3 is 0 Å². The lowest BCUT2D eigenvalue weighted by Crippen LogP contribution is -2.38. The Hall–Kier alpha value is -3.21. The monoisotopic (exact) mass is 484 g/mol. The Morgan fingerprint density at radius 3 is 2.53 bits per heavy atom. The normalized spacial score (nSPS) is 15.6. The lowest BCUT2D eigenvalue weighted by atomic mass is 10.3. The Bertz CT molecular complexity index is 1220. The number of carbonyl (C=O) groups excluding carboxylic acids is 1. The van der Waals surface area contributed by atoms with Crippen molar-refractivity contribution in [3.05, 3.63) is 66.1 Å². The van der Waals surface area contributed by atoms with Gasteiger partial charge in [0.05, 0.1) is 6.54 Å². The van der Waals surface area contributed by atoms with Gasteiger partial charge in [-0.2, -0.15) is 4.31 Å². The minimum absolute atomic E-state index is 0.135. The number of hydrogen-bond acceptors (Lipinski definition) is 7. The number of hydrogen-bond donors (Lipinski definition) is 1. The van der Waals surface area contributed by atoms with E-state index in [4.69, 9.17) is 9.26 Å². The summed E-state index contributed by atoms with van der Waals surface area (Å²) in [5.74, 6) is 1.46. The standard InChI is InChI=1S/C24H28N4O5S/c1-18-24(19(2)33-26-18)34(30,31)28-13-7-12-27(14-15-28)17-23(29)25-20-8-6-11-22(16-20)32-21-9-4-3-5-10-21/h3-6,8-11,16H,7,12-15,17H2,1-2H3,(H,25,29). The highest BCUT2D eigenvalue weighted by Crippen LogP contribution is 2.25. The molecule has 0 unspecified atom stereocenters. The first-order valence-corrected chi connectivity index (χ1v) is 12.5. The average molecular weight is 485 g/mol. The quantitative estimate of drug-likeness (QED) is 0.548. The topological polar surface area (TPSA) is 105 Å². The van der Waals surface area contributed by atoms with Crippen LogP contribution in [0.5, 0.6) is 11.5 Å². The molecule has 1 aliphatic rings. The number of aryl methyl sites for hydroxylation is 2. The molecule has 2 heterocycles. The van der Waals surface area contributed by atoms with Gasteiger partial charge in [-0.25, -0.2) is 8.42 Å². The highest BCUT2D eigenvalue weighted by molar-refractivity contribution is 7.89. The van der Waals surface area contributed by atoms with Crippen LogP contribution in [-0.2, 0) is 14.8 Å². The third kappa shape index (κ3) is 5.64. The number of sulfonamides is 1. The number of para-hydroxylation sites is 1. The summed E-state index contributed by atoms with van der Waals surface area (Å²) in [5.41, 5.74) is 0.993. The number of anilines is 1. The number of amides is 1. The highest BCUT2D eigenvalue weighted by atomic mass is 32.2. The fourth-order valence-electron chi connectivity index (χ4n) is 3.98. The van der Waals surface area contributed by atoms with Gasteiger partial charge in [-0.1, -0.05) is 29.4 Å². The van der Waals surface area contributed by atoms with E-state index in [-0.39, 0.29) is 23.1 Å². The largest absolute Gasteiger partial charge is 0.457 e. The van der Waals surface area contributed by atoms with Crippen LogP contribution in [0.2, 0.25) is 0 Å². The van der Waals surface area contributed by atoms with Gasteiger partial charge in [0, 0.05) is 31.4 Å². The van der Waals surface area contributed by atoms with Crippen molar-refractivity contribution in [2.45, 2.75) is 25.2 Å². The molecule has 1 amide bonds. The first-order chi connectivity index (χ1) is 16.3. The summed E-state index contributed by atoms with van der Waals surface area (Å²) in [6.45, 7) is 5.14. The van der Waals surface area contributed by atoms with Crippen molar-refractivity contribution >= 4 is 21.6 Å². The second-order valence-electron chi connectivity index (χ2n) is 8.18. The summed E-state index contributed by atoms with van der Waals surface area (Å²) in [6, 6.07) is 16.6. The van der Waals surface area contributed by atoms with Crippen LogP contribution in [-0.4, -0.2) is 61.4 Å². The van der Waals surface area contributed by atoms with E-state index in [0.29, 0.717) is 55.5 Å². The van der Waals surface area contributed by atoms with Crippen LogP contribution >= 0.6 is 0 Å². The van der Waals surface area contributed by atoms with Crippen LogP contribution in [0.3, 0.4) is 0 Å². The van der Waals surface area contributed by atoms with Crippen LogP contribution in [0.1, 0.15) is 17.9 Å². The maximum Gasteiger partial charge on any atom is 0.248 e. The van der Waals surface area contributed by atoms with E-state index in [1.165, 1.54) is 4.31 Å². The van der Waals surface area contributed by atoms with Crippen molar-refractivity contribution in [2.24, 2.45) is 0 Å². The van der Waals surface area contributed by atoms with Gasteiger partial charge in [0.15, 0.2) is 5.76 Å². The van der Waals surface area contributed by atoms with Gasteiger partial charge in [0.2, 0.25) is 15.9 Å². The molecule has 0 atom stereocenters. The molecule has 9 nitrogen and oxygen atoms in total. The van der Waals surface area contributed by atoms with Crippen molar-refractivity contribution < 1.29 is 22.5 Å². The fourth-order valence-corrected chi connectivity index (χ4v) is 5.74. The molecule has 1 N–H and O–H groups in total. The summed E-state index contributed by atoms with van der Waals surface area (Å²) in [5, 5.41) is 6.67. The first-order valence-electron chi connectivity index (χ1n) is 11.1. The van der Waals surface area contributed by atoms with E-state index < -0.39 is 10.0 Å². The molecular formula is C24H28N4O5S. The summed E-state index contributed by atoms with van der Waals surface area (Å²) in [4.78, 5) is 14.8. The number of ether oxygens (including phenoxy) is 1. The molecule has 10 heteroatoms. The molecule has 34 heavy (non-hydrogen) atoms. The summed E-state index contributed by atoms with van der Waals surface area (Å²) >= 11 is 0. The smallest absolute Gasteiger partial charge is 0.248 e. The predicted molar refractivity (Wildman–Crippen MR) is 127 cm³/mol. The van der Waals surface area contributed by atoms with Gasteiger partial charge in [-0.3, -0.25) is 9.69 Å². The third-order valence-electron chi connectivity index (χ3n) is 5.58. The summed E-state index contributed by atoms with van der Waals surface area (Å²) in [6.07, 6.45) is 0.621. The molecule has 0 aliphatic carbocycles. The summed E-state index contributed by atoms with van der Waals surface area (Å²) in [7, 11) is -3.70. The molecule has 0 bridgehead atoms. The molecule has 180 valence electrons. The maximum absolute atomic E-state index is 13.1. The highest BCUT2D eigenvalue weighted by Gasteiger charge is 2.32. The number of benzene rings is 2. The molecule has 0 radical (unpaired) electrons. The zero-order valence-corrected chi connectivity index (χ0v) is 20.0. The zero-order chi connectivity index (χ0) is 24.1. The van der Waals surface area contributed by atoms with Gasteiger partial charge in [-0.05, 0) is 51.1 Å². The van der Waals surface area contributed by atoms with Crippen LogP contribution in [0.15, 0.2) is 64.0 Å². The Balaban J connectivity index is 1.33. The number of aromatic nitrogens is 1. The Morgan fingerprint density at radius 1 is 1.03 bits per heavy atom. The Labute approximate surface area is 199 Å². The van der Waals surface area contributed by atoms with Crippen LogP contribution in [0.25, 0.3) is 0 Å². The van der Waals surface area contributed by atoms with E-state index in [1.54, 1.807) is 26.0 Å². The summed E-state index contributed by atoms with van der Waals surface area (Å²) < 4.78 is 38.5. The zero-order valence-electron chi connectivity index (χ0n) is 19.2. The van der Waals surface area contributed by atoms with E-state index in [1.807, 2.05) is 47.4 Å². The van der Waals surface area contributed by atoms with Gasteiger partial charge in [0.1, 0.15) is 22.1 Å². The minimum atomic E-state index is -3.70. The second-order valence-corrected chi connectivity index (χ2v) is 10.1. The molecule has 4 rings (SSSR count). The van der Waals surface area contributed by atoms with E-state index in [2.05, 4.69) is 10.5 Å². The first kappa shape index (κ1) is 23.9. The number of nitrogens with one attached hydrogen (secondary N) is 1.